The molecule has 0 aliphatic carbocycles. The van der Waals surface area contributed by atoms with Crippen LogP contribution in [0.1, 0.15) is 18.4 Å². The van der Waals surface area contributed by atoms with E-state index in [9.17, 15) is 13.2 Å². The van der Waals surface area contributed by atoms with Crippen LogP contribution in [0.2, 0.25) is 0 Å². The average Bonchev–Trinajstić information content (AvgIpc) is 2.49. The molecule has 0 spiro atoms. The molecule has 0 saturated heterocycles. The molecule has 0 unspecified atom stereocenters. The Balaban J connectivity index is 3.01. The minimum Gasteiger partial charge on any atom is -0.343 e. The second kappa shape index (κ2) is 4.74. The van der Waals surface area contributed by atoms with Crippen LogP contribution in [0.15, 0.2) is 22.9 Å². The Labute approximate surface area is 95.8 Å². The molecule has 0 bridgehead atoms. The molecule has 0 aliphatic rings. The molecule has 0 saturated carbocycles. The third-order valence-corrected chi connectivity index (χ3v) is 2.17. The number of nitrogens with zero attached hydrogens (tertiary/aromatic N) is 1. The van der Waals surface area contributed by atoms with Gasteiger partial charge in [-0.2, -0.15) is 13.2 Å². The van der Waals surface area contributed by atoms with Gasteiger partial charge in [-0.25, -0.2) is 4.98 Å². The van der Waals surface area contributed by atoms with E-state index in [2.05, 4.69) is 9.97 Å². The number of aryl methyl sites for hydroxylation is 1. The Bertz CT molecular complexity index is 430. The summed E-state index contributed by atoms with van der Waals surface area (Å²) < 4.78 is 37.4. The minimum absolute atomic E-state index is 0.362. The monoisotopic (exact) mass is 250 g/mol. The standard InChI is InChI=1S/C10H10ClF3N2/c1-3-8(10(12,13)14)9(11)4-7-5-15-6(2)16-7/h3-5H,1-2H3,(H,15,16)/b8-3+,9-4+. The first-order valence-corrected chi connectivity index (χ1v) is 4.85. The first kappa shape index (κ1) is 12.8. The van der Waals surface area contributed by atoms with Crippen LogP contribution in [0.25, 0.3) is 6.08 Å². The fourth-order valence-electron chi connectivity index (χ4n) is 1.16. The van der Waals surface area contributed by atoms with E-state index >= 15 is 0 Å². The molecule has 0 amide bonds. The van der Waals surface area contributed by atoms with E-state index in [0.29, 0.717) is 11.5 Å². The molecule has 1 N–H and O–H groups in total. The van der Waals surface area contributed by atoms with Gasteiger partial charge in [-0.3, -0.25) is 0 Å². The van der Waals surface area contributed by atoms with Gasteiger partial charge in [0.15, 0.2) is 0 Å². The van der Waals surface area contributed by atoms with Crippen molar-refractivity contribution in [3.8, 4) is 0 Å². The number of H-pyrrole nitrogens is 1. The number of allylic oxidation sites excluding steroid dienone is 3. The normalized spacial score (nSPS) is 14.4. The second-order valence-corrected chi connectivity index (χ2v) is 3.52. The fourth-order valence-corrected chi connectivity index (χ4v) is 1.50. The van der Waals surface area contributed by atoms with Crippen molar-refractivity contribution in [2.24, 2.45) is 0 Å². The van der Waals surface area contributed by atoms with Crippen molar-refractivity contribution in [3.05, 3.63) is 34.4 Å². The molecule has 0 aliphatic heterocycles. The summed E-state index contributed by atoms with van der Waals surface area (Å²) in [7, 11) is 0. The Morgan fingerprint density at radius 1 is 1.50 bits per heavy atom. The van der Waals surface area contributed by atoms with Crippen molar-refractivity contribution in [2.45, 2.75) is 20.0 Å². The van der Waals surface area contributed by atoms with E-state index in [-0.39, 0.29) is 5.03 Å². The molecule has 0 atom stereocenters. The zero-order valence-electron chi connectivity index (χ0n) is 8.69. The number of halogens is 4. The molecule has 1 aromatic heterocycles. The molecular weight excluding hydrogens is 241 g/mol. The quantitative estimate of drug-likeness (QED) is 0.795. The van der Waals surface area contributed by atoms with Gasteiger partial charge in [0.05, 0.1) is 22.5 Å². The number of hydrogen-bond acceptors (Lipinski definition) is 1. The molecule has 1 rings (SSSR count). The molecule has 0 radical (unpaired) electrons. The summed E-state index contributed by atoms with van der Waals surface area (Å²) in [5, 5.41) is -0.362. The number of nitrogens with one attached hydrogen (secondary N) is 1. The molecular formula is C10H10ClF3N2. The van der Waals surface area contributed by atoms with Crippen LogP contribution < -0.4 is 0 Å². The minimum atomic E-state index is -4.45. The van der Waals surface area contributed by atoms with E-state index in [0.717, 1.165) is 6.08 Å². The predicted molar refractivity (Wildman–Crippen MR) is 57.0 cm³/mol. The van der Waals surface area contributed by atoms with E-state index in [1.807, 2.05) is 0 Å². The third kappa shape index (κ3) is 3.13. The Morgan fingerprint density at radius 2 is 2.12 bits per heavy atom. The topological polar surface area (TPSA) is 28.7 Å². The van der Waals surface area contributed by atoms with E-state index < -0.39 is 11.7 Å². The number of aromatic nitrogens is 2. The Hall–Kier alpha value is -1.23. The molecule has 6 heteroatoms. The first-order valence-electron chi connectivity index (χ1n) is 4.47. The maximum atomic E-state index is 12.5. The van der Waals surface area contributed by atoms with Gasteiger partial charge in [-0.05, 0) is 19.9 Å². The lowest BCUT2D eigenvalue weighted by Crippen LogP contribution is -2.11. The lowest BCUT2D eigenvalue weighted by atomic mass is 10.2. The smallest absolute Gasteiger partial charge is 0.343 e. The number of hydrogen-bond donors (Lipinski definition) is 1. The molecule has 1 aromatic rings. The van der Waals surface area contributed by atoms with Crippen LogP contribution in [0.4, 0.5) is 13.2 Å². The van der Waals surface area contributed by atoms with Crippen LogP contribution in [0.3, 0.4) is 0 Å². The van der Waals surface area contributed by atoms with Crippen LogP contribution in [-0.2, 0) is 0 Å². The Kier molecular flexibility index (Phi) is 3.80. The van der Waals surface area contributed by atoms with Gasteiger partial charge in [0.25, 0.3) is 0 Å². The molecule has 0 fully saturated rings. The van der Waals surface area contributed by atoms with Gasteiger partial charge in [-0.15, -0.1) is 0 Å². The summed E-state index contributed by atoms with van der Waals surface area (Å²) in [4.78, 5) is 6.63. The van der Waals surface area contributed by atoms with Gasteiger partial charge in [0.1, 0.15) is 5.82 Å². The zero-order chi connectivity index (χ0) is 12.3. The zero-order valence-corrected chi connectivity index (χ0v) is 9.45. The number of rotatable bonds is 2. The largest absolute Gasteiger partial charge is 0.417 e. The van der Waals surface area contributed by atoms with Crippen molar-refractivity contribution >= 4 is 17.7 Å². The SMILES string of the molecule is C/C=C(\C(Cl)=C/c1cnc(C)[nH]1)C(F)(F)F. The molecule has 0 aromatic carbocycles. The van der Waals surface area contributed by atoms with Gasteiger partial charge in [-0.1, -0.05) is 17.7 Å². The number of imidazole rings is 1. The van der Waals surface area contributed by atoms with Gasteiger partial charge in [0, 0.05) is 0 Å². The maximum Gasteiger partial charge on any atom is 0.417 e. The molecule has 88 valence electrons. The van der Waals surface area contributed by atoms with Crippen LogP contribution in [0.5, 0.6) is 0 Å². The summed E-state index contributed by atoms with van der Waals surface area (Å²) in [5.74, 6) is 0.616. The first-order chi connectivity index (χ1) is 7.34. The van der Waals surface area contributed by atoms with Gasteiger partial charge < -0.3 is 4.98 Å². The summed E-state index contributed by atoms with van der Waals surface area (Å²) in [6, 6.07) is 0. The van der Waals surface area contributed by atoms with E-state index in [1.165, 1.54) is 19.2 Å². The maximum absolute atomic E-state index is 12.5. The Morgan fingerprint density at radius 3 is 2.50 bits per heavy atom. The van der Waals surface area contributed by atoms with Crippen LogP contribution in [-0.4, -0.2) is 16.1 Å². The lowest BCUT2D eigenvalue weighted by molar-refractivity contribution is -0.0886. The highest BCUT2D eigenvalue weighted by Gasteiger charge is 2.34. The average molecular weight is 251 g/mol. The summed E-state index contributed by atoms with van der Waals surface area (Å²) in [5.41, 5.74) is -0.424. The number of alkyl halides is 3. The van der Waals surface area contributed by atoms with Crippen molar-refractivity contribution in [3.63, 3.8) is 0 Å². The van der Waals surface area contributed by atoms with Crippen molar-refractivity contribution < 1.29 is 13.2 Å². The molecule has 2 nitrogen and oxygen atoms in total. The highest BCUT2D eigenvalue weighted by atomic mass is 35.5. The van der Waals surface area contributed by atoms with E-state index in [1.54, 1.807) is 6.92 Å². The van der Waals surface area contributed by atoms with E-state index in [4.69, 9.17) is 11.6 Å². The van der Waals surface area contributed by atoms with Gasteiger partial charge in [0.2, 0.25) is 0 Å². The third-order valence-electron chi connectivity index (χ3n) is 1.86. The summed E-state index contributed by atoms with van der Waals surface area (Å²) >= 11 is 5.60. The second-order valence-electron chi connectivity index (χ2n) is 3.12. The van der Waals surface area contributed by atoms with Crippen molar-refractivity contribution in [1.82, 2.24) is 9.97 Å². The summed E-state index contributed by atoms with van der Waals surface area (Å²) in [6.45, 7) is 2.99. The lowest BCUT2D eigenvalue weighted by Gasteiger charge is -2.09. The highest BCUT2D eigenvalue weighted by Crippen LogP contribution is 2.33. The van der Waals surface area contributed by atoms with Crippen LogP contribution >= 0.6 is 11.6 Å². The van der Waals surface area contributed by atoms with Crippen LogP contribution in [0, 0.1) is 6.92 Å². The summed E-state index contributed by atoms with van der Waals surface area (Å²) in [6.07, 6.45) is -0.898. The van der Waals surface area contributed by atoms with Crippen molar-refractivity contribution in [1.29, 1.82) is 0 Å². The number of aromatic amines is 1. The molecule has 1 heterocycles. The van der Waals surface area contributed by atoms with Gasteiger partial charge >= 0.3 is 6.18 Å². The molecule has 16 heavy (non-hydrogen) atoms. The fraction of sp³-hybridized carbons (Fsp3) is 0.300. The van der Waals surface area contributed by atoms with Crippen molar-refractivity contribution in [2.75, 3.05) is 0 Å². The highest BCUT2D eigenvalue weighted by molar-refractivity contribution is 6.34. The predicted octanol–water partition coefficient (Wildman–Crippen LogP) is 3.81.